The number of hydrogen-bond acceptors (Lipinski definition) is 2. The highest BCUT2D eigenvalue weighted by Crippen LogP contribution is 2.25. The van der Waals surface area contributed by atoms with Gasteiger partial charge < -0.3 is 11.1 Å². The van der Waals surface area contributed by atoms with Gasteiger partial charge in [0.1, 0.15) is 0 Å². The number of halogens is 3. The van der Waals surface area contributed by atoms with E-state index >= 15 is 0 Å². The zero-order valence-corrected chi connectivity index (χ0v) is 13.5. The number of hydrogen-bond donors (Lipinski definition) is 2. The smallest absolute Gasteiger partial charge is 0.255 e. The Kier molecular flexibility index (Phi) is 4.50. The number of rotatable bonds is 2. The molecule has 0 heterocycles. The quantitative estimate of drug-likeness (QED) is 0.713. The minimum Gasteiger partial charge on any atom is -0.397 e. The van der Waals surface area contributed by atoms with Crippen molar-refractivity contribution in [1.29, 1.82) is 0 Å². The molecule has 0 bridgehead atoms. The van der Waals surface area contributed by atoms with Crippen LogP contribution in [-0.2, 0) is 0 Å². The third-order valence-corrected chi connectivity index (χ3v) is 3.54. The van der Waals surface area contributed by atoms with Crippen molar-refractivity contribution in [2.45, 2.75) is 0 Å². The molecule has 0 aromatic heterocycles. The molecule has 0 fully saturated rings. The maximum Gasteiger partial charge on any atom is 0.255 e. The predicted octanol–water partition coefficient (Wildman–Crippen LogP) is 4.70. The van der Waals surface area contributed by atoms with E-state index in [1.54, 1.807) is 30.3 Å². The third kappa shape index (κ3) is 3.72. The number of nitrogens with two attached hydrogens (primary N) is 1. The van der Waals surface area contributed by atoms with Gasteiger partial charge in [0, 0.05) is 19.5 Å². The van der Waals surface area contributed by atoms with Gasteiger partial charge in [-0.1, -0.05) is 43.5 Å². The van der Waals surface area contributed by atoms with Gasteiger partial charge in [0.2, 0.25) is 0 Å². The Morgan fingerprint density at radius 3 is 2.32 bits per heavy atom. The van der Waals surface area contributed by atoms with E-state index in [4.69, 9.17) is 17.3 Å². The highest BCUT2D eigenvalue weighted by atomic mass is 79.9. The topological polar surface area (TPSA) is 55.1 Å². The molecule has 0 radical (unpaired) electrons. The van der Waals surface area contributed by atoms with Crippen LogP contribution >= 0.6 is 43.5 Å². The molecule has 1 amide bonds. The van der Waals surface area contributed by atoms with E-state index in [0.29, 0.717) is 22.0 Å². The molecule has 0 spiro atoms. The standard InChI is InChI=1S/C13H9Br2ClN2O/c14-8-3-7(4-9(15)5-8)13(19)18-12-2-1-10(16)6-11(12)17/h1-6H,17H2,(H,18,19). The molecule has 3 N–H and O–H groups in total. The third-order valence-electron chi connectivity index (χ3n) is 2.39. The summed E-state index contributed by atoms with van der Waals surface area (Å²) in [5.74, 6) is -0.240. The van der Waals surface area contributed by atoms with Crippen molar-refractivity contribution in [3.63, 3.8) is 0 Å². The summed E-state index contributed by atoms with van der Waals surface area (Å²) in [7, 11) is 0. The fraction of sp³-hybridized carbons (Fsp3) is 0. The summed E-state index contributed by atoms with van der Waals surface area (Å²) in [6, 6.07) is 10.2. The summed E-state index contributed by atoms with van der Waals surface area (Å²) in [6.45, 7) is 0. The van der Waals surface area contributed by atoms with Crippen LogP contribution in [0.1, 0.15) is 10.4 Å². The lowest BCUT2D eigenvalue weighted by molar-refractivity contribution is 0.102. The van der Waals surface area contributed by atoms with Crippen LogP contribution in [0.3, 0.4) is 0 Å². The van der Waals surface area contributed by atoms with Gasteiger partial charge in [0.15, 0.2) is 0 Å². The highest BCUT2D eigenvalue weighted by Gasteiger charge is 2.10. The monoisotopic (exact) mass is 402 g/mol. The van der Waals surface area contributed by atoms with Gasteiger partial charge in [0.25, 0.3) is 5.91 Å². The van der Waals surface area contributed by atoms with Crippen LogP contribution in [0.4, 0.5) is 11.4 Å². The summed E-state index contributed by atoms with van der Waals surface area (Å²) in [5, 5.41) is 3.27. The molecule has 0 saturated carbocycles. The lowest BCUT2D eigenvalue weighted by Crippen LogP contribution is -2.13. The molecule has 2 aromatic rings. The minimum absolute atomic E-state index is 0.240. The molecule has 6 heteroatoms. The van der Waals surface area contributed by atoms with E-state index in [0.717, 1.165) is 8.95 Å². The molecule has 3 nitrogen and oxygen atoms in total. The molecule has 0 aliphatic heterocycles. The normalized spacial score (nSPS) is 10.3. The maximum absolute atomic E-state index is 12.1. The molecule has 0 atom stereocenters. The van der Waals surface area contributed by atoms with Gasteiger partial charge in [-0.3, -0.25) is 4.79 Å². The first kappa shape index (κ1) is 14.4. The van der Waals surface area contributed by atoms with E-state index in [-0.39, 0.29) is 5.91 Å². The Hall–Kier alpha value is -1.04. The molecule has 0 unspecified atom stereocenters. The van der Waals surface area contributed by atoms with E-state index in [1.807, 2.05) is 6.07 Å². The number of nitrogens with one attached hydrogen (secondary N) is 1. The number of carbonyl (C=O) groups is 1. The van der Waals surface area contributed by atoms with E-state index in [2.05, 4.69) is 37.2 Å². The molecule has 2 aromatic carbocycles. The minimum atomic E-state index is -0.240. The first-order valence-electron chi connectivity index (χ1n) is 5.28. The van der Waals surface area contributed by atoms with Gasteiger partial charge in [-0.15, -0.1) is 0 Å². The molecule has 0 saturated heterocycles. The summed E-state index contributed by atoms with van der Waals surface area (Å²) in [4.78, 5) is 12.1. The van der Waals surface area contributed by atoms with Crippen LogP contribution in [0, 0.1) is 0 Å². The maximum atomic E-state index is 12.1. The molecule has 0 aliphatic carbocycles. The van der Waals surface area contributed by atoms with Crippen molar-refractivity contribution in [1.82, 2.24) is 0 Å². The van der Waals surface area contributed by atoms with Crippen LogP contribution in [0.5, 0.6) is 0 Å². The molecule has 0 aliphatic rings. The van der Waals surface area contributed by atoms with E-state index < -0.39 is 0 Å². The Bertz CT molecular complexity index is 626. The number of amides is 1. The zero-order valence-electron chi connectivity index (χ0n) is 9.58. The summed E-state index contributed by atoms with van der Waals surface area (Å²) in [5.41, 5.74) is 7.27. The van der Waals surface area contributed by atoms with Crippen LogP contribution < -0.4 is 11.1 Å². The van der Waals surface area contributed by atoms with Crippen molar-refractivity contribution in [3.8, 4) is 0 Å². The van der Waals surface area contributed by atoms with Crippen molar-refractivity contribution < 1.29 is 4.79 Å². The van der Waals surface area contributed by atoms with E-state index in [9.17, 15) is 4.79 Å². The summed E-state index contributed by atoms with van der Waals surface area (Å²) in [6.07, 6.45) is 0. The lowest BCUT2D eigenvalue weighted by Gasteiger charge is -2.09. The second-order valence-electron chi connectivity index (χ2n) is 3.84. The van der Waals surface area contributed by atoms with Gasteiger partial charge in [-0.2, -0.15) is 0 Å². The number of anilines is 2. The second kappa shape index (κ2) is 5.94. The van der Waals surface area contributed by atoms with Gasteiger partial charge in [0.05, 0.1) is 11.4 Å². The van der Waals surface area contributed by atoms with Gasteiger partial charge in [-0.05, 0) is 36.4 Å². The average Bonchev–Trinajstić information content (AvgIpc) is 2.31. The number of benzene rings is 2. The van der Waals surface area contributed by atoms with Crippen molar-refractivity contribution in [2.75, 3.05) is 11.1 Å². The first-order chi connectivity index (χ1) is 8.95. The Morgan fingerprint density at radius 1 is 1.11 bits per heavy atom. The second-order valence-corrected chi connectivity index (χ2v) is 6.11. The number of carbonyl (C=O) groups excluding carboxylic acids is 1. The summed E-state index contributed by atoms with van der Waals surface area (Å²) < 4.78 is 1.63. The SMILES string of the molecule is Nc1cc(Cl)ccc1NC(=O)c1cc(Br)cc(Br)c1. The van der Waals surface area contributed by atoms with Gasteiger partial charge in [-0.25, -0.2) is 0 Å². The van der Waals surface area contributed by atoms with Crippen LogP contribution in [0.25, 0.3) is 0 Å². The highest BCUT2D eigenvalue weighted by molar-refractivity contribution is 9.11. The lowest BCUT2D eigenvalue weighted by atomic mass is 10.2. The average molecular weight is 404 g/mol. The molecule has 98 valence electrons. The zero-order chi connectivity index (χ0) is 14.0. The Labute approximate surface area is 132 Å². The van der Waals surface area contributed by atoms with Crippen LogP contribution in [-0.4, -0.2) is 5.91 Å². The van der Waals surface area contributed by atoms with Crippen molar-refractivity contribution in [3.05, 3.63) is 55.9 Å². The van der Waals surface area contributed by atoms with Gasteiger partial charge >= 0.3 is 0 Å². The van der Waals surface area contributed by atoms with Crippen LogP contribution in [0.2, 0.25) is 5.02 Å². The predicted molar refractivity (Wildman–Crippen MR) is 85.7 cm³/mol. The van der Waals surface area contributed by atoms with Crippen molar-refractivity contribution >= 4 is 60.7 Å². The largest absolute Gasteiger partial charge is 0.397 e. The molecule has 19 heavy (non-hydrogen) atoms. The van der Waals surface area contributed by atoms with Crippen molar-refractivity contribution in [2.24, 2.45) is 0 Å². The Morgan fingerprint density at radius 2 is 1.74 bits per heavy atom. The fourth-order valence-corrected chi connectivity index (χ4v) is 3.00. The van der Waals surface area contributed by atoms with Crippen LogP contribution in [0.15, 0.2) is 45.3 Å². The fourth-order valence-electron chi connectivity index (χ4n) is 1.53. The van der Waals surface area contributed by atoms with E-state index in [1.165, 1.54) is 0 Å². The molecular formula is C13H9Br2ClN2O. The first-order valence-corrected chi connectivity index (χ1v) is 7.24. The number of nitrogen functional groups attached to an aromatic ring is 1. The Balaban J connectivity index is 2.25. The molecule has 2 rings (SSSR count). The molecular weight excluding hydrogens is 395 g/mol. The summed E-state index contributed by atoms with van der Waals surface area (Å²) >= 11 is 12.5.